The molecule has 2 N–H and O–H groups in total. The number of ether oxygens (including phenoxy) is 1. The Morgan fingerprint density at radius 3 is 2.80 bits per heavy atom. The van der Waals surface area contributed by atoms with E-state index in [2.05, 4.69) is 0 Å². The third kappa shape index (κ3) is 3.40. The summed E-state index contributed by atoms with van der Waals surface area (Å²) < 4.78 is 5.14. The Bertz CT molecular complexity index is 375. The number of nitrogens with zero attached hydrogens (tertiary/aromatic N) is 1. The lowest BCUT2D eigenvalue weighted by Crippen LogP contribution is -2.21. The summed E-state index contributed by atoms with van der Waals surface area (Å²) in [6.45, 7) is -0.407. The largest absolute Gasteiger partial charge is 0.489 e. The number of benzene rings is 1. The highest BCUT2D eigenvalue weighted by Crippen LogP contribution is 2.25. The number of halogens is 1. The van der Waals surface area contributed by atoms with Gasteiger partial charge in [0.1, 0.15) is 18.5 Å². The average molecular weight is 228 g/mol. The molecule has 0 saturated carbocycles. The molecule has 5 heteroatoms. The molecule has 1 aromatic carbocycles. The maximum Gasteiger partial charge on any atom is 0.138 e. The van der Waals surface area contributed by atoms with Gasteiger partial charge in [0.15, 0.2) is 0 Å². The Morgan fingerprint density at radius 1 is 1.53 bits per heavy atom. The summed E-state index contributed by atoms with van der Waals surface area (Å²) in [4.78, 5) is 0. The molecule has 0 aromatic heterocycles. The summed E-state index contributed by atoms with van der Waals surface area (Å²) in [5.74, 6) is 0.378. The van der Waals surface area contributed by atoms with Gasteiger partial charge in [0.25, 0.3) is 0 Å². The molecule has 1 rings (SSSR count). The maximum atomic E-state index is 9.04. The topological polar surface area (TPSA) is 73.5 Å². The van der Waals surface area contributed by atoms with E-state index in [0.29, 0.717) is 16.3 Å². The minimum Gasteiger partial charge on any atom is -0.489 e. The minimum atomic E-state index is -0.934. The van der Waals surface area contributed by atoms with Crippen LogP contribution in [0.4, 0.5) is 0 Å². The molecule has 4 nitrogen and oxygen atoms in total. The summed E-state index contributed by atoms with van der Waals surface area (Å²) in [7, 11) is 0. The van der Waals surface area contributed by atoms with Crippen LogP contribution in [0.1, 0.15) is 5.56 Å². The van der Waals surface area contributed by atoms with Crippen LogP contribution >= 0.6 is 11.6 Å². The van der Waals surface area contributed by atoms with E-state index in [1.165, 1.54) is 6.07 Å². The van der Waals surface area contributed by atoms with Crippen LogP contribution < -0.4 is 4.74 Å². The monoisotopic (exact) mass is 227 g/mol. The van der Waals surface area contributed by atoms with E-state index in [9.17, 15) is 0 Å². The van der Waals surface area contributed by atoms with Crippen molar-refractivity contribution in [3.8, 4) is 11.8 Å². The summed E-state index contributed by atoms with van der Waals surface area (Å²) in [5, 5.41) is 26.5. The second-order valence-corrected chi connectivity index (χ2v) is 3.31. The first-order valence-corrected chi connectivity index (χ1v) is 4.66. The Labute approximate surface area is 92.3 Å². The number of aliphatic hydroxyl groups excluding tert-OH is 2. The molecule has 0 radical (unpaired) electrons. The van der Waals surface area contributed by atoms with Crippen LogP contribution in [0.15, 0.2) is 18.2 Å². The van der Waals surface area contributed by atoms with Crippen molar-refractivity contribution in [3.63, 3.8) is 0 Å². The lowest BCUT2D eigenvalue weighted by Gasteiger charge is -2.10. The third-order valence-electron chi connectivity index (χ3n) is 1.70. The molecule has 0 saturated heterocycles. The Balaban J connectivity index is 2.67. The van der Waals surface area contributed by atoms with Crippen molar-refractivity contribution in [2.75, 3.05) is 13.2 Å². The van der Waals surface area contributed by atoms with E-state index in [4.69, 9.17) is 31.8 Å². The highest BCUT2D eigenvalue weighted by Gasteiger charge is 2.06. The van der Waals surface area contributed by atoms with Crippen LogP contribution in [0.25, 0.3) is 0 Å². The lowest BCUT2D eigenvalue weighted by atomic mass is 10.2. The number of aliphatic hydroxyl groups is 2. The first-order chi connectivity index (χ1) is 7.17. The predicted octanol–water partition coefficient (Wildman–Crippen LogP) is 0.944. The van der Waals surface area contributed by atoms with Crippen molar-refractivity contribution in [1.29, 1.82) is 5.26 Å². The number of nitriles is 1. The number of rotatable bonds is 4. The van der Waals surface area contributed by atoms with Gasteiger partial charge in [-0.25, -0.2) is 0 Å². The van der Waals surface area contributed by atoms with E-state index in [-0.39, 0.29) is 13.2 Å². The highest BCUT2D eigenvalue weighted by molar-refractivity contribution is 6.32. The van der Waals surface area contributed by atoms with Crippen LogP contribution in [-0.4, -0.2) is 29.5 Å². The first-order valence-electron chi connectivity index (χ1n) is 4.28. The molecule has 80 valence electrons. The normalized spacial score (nSPS) is 11.9. The van der Waals surface area contributed by atoms with E-state index in [1.54, 1.807) is 12.1 Å². The van der Waals surface area contributed by atoms with Crippen molar-refractivity contribution in [2.45, 2.75) is 6.10 Å². The van der Waals surface area contributed by atoms with Gasteiger partial charge >= 0.3 is 0 Å². The molecule has 1 aromatic rings. The fraction of sp³-hybridized carbons (Fsp3) is 0.300. The van der Waals surface area contributed by atoms with Crippen molar-refractivity contribution < 1.29 is 14.9 Å². The fourth-order valence-corrected chi connectivity index (χ4v) is 1.16. The number of hydrogen-bond acceptors (Lipinski definition) is 4. The predicted molar refractivity (Wildman–Crippen MR) is 54.8 cm³/mol. The Hall–Kier alpha value is -1.28. The van der Waals surface area contributed by atoms with Gasteiger partial charge in [-0.3, -0.25) is 0 Å². The zero-order valence-corrected chi connectivity index (χ0v) is 8.61. The summed E-state index contributed by atoms with van der Waals surface area (Å²) in [6.07, 6.45) is -0.934. The maximum absolute atomic E-state index is 9.04. The van der Waals surface area contributed by atoms with Crippen molar-refractivity contribution >= 4 is 11.6 Å². The second kappa shape index (κ2) is 5.56. The van der Waals surface area contributed by atoms with Crippen molar-refractivity contribution in [3.05, 3.63) is 28.8 Å². The molecule has 0 amide bonds. The molecule has 0 unspecified atom stereocenters. The van der Waals surface area contributed by atoms with Gasteiger partial charge in [0.05, 0.1) is 23.3 Å². The molecule has 0 aliphatic heterocycles. The molecule has 0 spiro atoms. The standard InChI is InChI=1S/C10H10ClNO3/c11-9-3-7(4-12)1-2-10(9)15-6-8(14)5-13/h1-3,8,13-14H,5-6H2/t8-/m0/s1. The molecule has 0 aliphatic rings. The smallest absolute Gasteiger partial charge is 0.138 e. The van der Waals surface area contributed by atoms with Gasteiger partial charge < -0.3 is 14.9 Å². The second-order valence-electron chi connectivity index (χ2n) is 2.90. The molecular weight excluding hydrogens is 218 g/mol. The molecule has 0 fully saturated rings. The highest BCUT2D eigenvalue weighted by atomic mass is 35.5. The zero-order chi connectivity index (χ0) is 11.3. The Kier molecular flexibility index (Phi) is 4.37. The molecule has 0 aliphatic carbocycles. The van der Waals surface area contributed by atoms with Crippen molar-refractivity contribution in [2.24, 2.45) is 0 Å². The van der Waals surface area contributed by atoms with Crippen LogP contribution in [0.2, 0.25) is 5.02 Å². The van der Waals surface area contributed by atoms with Crippen LogP contribution in [0, 0.1) is 11.3 Å². The van der Waals surface area contributed by atoms with E-state index < -0.39 is 6.10 Å². The fourth-order valence-electron chi connectivity index (χ4n) is 0.926. The van der Waals surface area contributed by atoms with Crippen LogP contribution in [-0.2, 0) is 0 Å². The summed E-state index contributed by atoms with van der Waals surface area (Å²) >= 11 is 5.81. The van der Waals surface area contributed by atoms with Gasteiger partial charge in [0, 0.05) is 0 Å². The number of hydrogen-bond donors (Lipinski definition) is 2. The van der Waals surface area contributed by atoms with Crippen LogP contribution in [0.5, 0.6) is 5.75 Å². The van der Waals surface area contributed by atoms with Gasteiger partial charge in [-0.2, -0.15) is 5.26 Å². The third-order valence-corrected chi connectivity index (χ3v) is 2.00. The SMILES string of the molecule is N#Cc1ccc(OC[C@@H](O)CO)c(Cl)c1. The summed E-state index contributed by atoms with van der Waals surface area (Å²) in [6, 6.07) is 6.52. The molecular formula is C10H10ClNO3. The Morgan fingerprint density at radius 2 is 2.27 bits per heavy atom. The average Bonchev–Trinajstić information content (AvgIpc) is 2.26. The molecule has 0 heterocycles. The van der Waals surface area contributed by atoms with Crippen LogP contribution in [0.3, 0.4) is 0 Å². The quantitative estimate of drug-likeness (QED) is 0.803. The lowest BCUT2D eigenvalue weighted by molar-refractivity contribution is 0.0536. The van der Waals surface area contributed by atoms with Gasteiger partial charge in [0.2, 0.25) is 0 Å². The molecule has 1 atom stereocenters. The molecule has 0 bridgehead atoms. The molecule has 15 heavy (non-hydrogen) atoms. The van der Waals surface area contributed by atoms with E-state index >= 15 is 0 Å². The first kappa shape index (κ1) is 11.8. The van der Waals surface area contributed by atoms with E-state index in [1.807, 2.05) is 6.07 Å². The van der Waals surface area contributed by atoms with E-state index in [0.717, 1.165) is 0 Å². The zero-order valence-electron chi connectivity index (χ0n) is 7.85. The minimum absolute atomic E-state index is 0.0396. The van der Waals surface area contributed by atoms with Crippen molar-refractivity contribution in [1.82, 2.24) is 0 Å². The van der Waals surface area contributed by atoms with Gasteiger partial charge in [-0.15, -0.1) is 0 Å². The van der Waals surface area contributed by atoms with Gasteiger partial charge in [-0.1, -0.05) is 11.6 Å². The van der Waals surface area contributed by atoms with Gasteiger partial charge in [-0.05, 0) is 18.2 Å². The summed E-state index contributed by atoms with van der Waals surface area (Å²) in [5.41, 5.74) is 0.440.